The Kier molecular flexibility index (Phi) is 7.51. The van der Waals surface area contributed by atoms with Gasteiger partial charge in [0.25, 0.3) is 0 Å². The topological polar surface area (TPSA) is 128 Å². The molecule has 1 saturated carbocycles. The molecule has 0 unspecified atom stereocenters. The van der Waals surface area contributed by atoms with E-state index in [1.54, 1.807) is 10.9 Å². The third-order valence-electron chi connectivity index (χ3n) is 7.14. The van der Waals surface area contributed by atoms with Crippen molar-refractivity contribution in [1.82, 2.24) is 29.9 Å². The lowest BCUT2D eigenvalue weighted by Gasteiger charge is -2.27. The molecule has 2 N–H and O–H groups in total. The quantitative estimate of drug-likeness (QED) is 0.448. The van der Waals surface area contributed by atoms with E-state index in [1.165, 1.54) is 0 Å². The van der Waals surface area contributed by atoms with Gasteiger partial charge in [-0.15, -0.1) is 5.10 Å². The van der Waals surface area contributed by atoms with Crippen LogP contribution in [-0.4, -0.2) is 47.1 Å². The molecule has 4 rings (SSSR count). The van der Waals surface area contributed by atoms with Crippen LogP contribution in [0.3, 0.4) is 0 Å². The predicted octanol–water partition coefficient (Wildman–Crippen LogP) is 4.30. The number of aromatic nitrogens is 6. The van der Waals surface area contributed by atoms with Gasteiger partial charge in [0.2, 0.25) is 5.95 Å². The molecule has 0 radical (unpaired) electrons. The molecule has 0 aliphatic heterocycles. The van der Waals surface area contributed by atoms with Crippen LogP contribution in [0.1, 0.15) is 70.0 Å². The second-order valence-electron chi connectivity index (χ2n) is 10.1. The summed E-state index contributed by atoms with van der Waals surface area (Å²) in [7, 11) is 1.84. The van der Waals surface area contributed by atoms with E-state index in [1.807, 2.05) is 32.2 Å². The van der Waals surface area contributed by atoms with Crippen LogP contribution in [0.4, 0.5) is 5.95 Å². The lowest BCUT2D eigenvalue weighted by Crippen LogP contribution is -2.29. The molecule has 3 heterocycles. The lowest BCUT2D eigenvalue weighted by atomic mass is 9.86. The minimum Gasteiger partial charge on any atom is -0.489 e. The fourth-order valence-corrected chi connectivity index (χ4v) is 4.40. The summed E-state index contributed by atoms with van der Waals surface area (Å²) in [5, 5.41) is 21.2. The maximum atomic E-state index is 11.4. The Labute approximate surface area is 211 Å². The number of anilines is 1. The number of nitrogens with one attached hydrogen (secondary N) is 1. The van der Waals surface area contributed by atoms with Crippen LogP contribution in [0, 0.1) is 12.8 Å². The fraction of sp³-hybridized carbons (Fsp3) is 0.538. The van der Waals surface area contributed by atoms with Crippen LogP contribution in [0.5, 0.6) is 5.75 Å². The first kappa shape index (κ1) is 25.5. The van der Waals surface area contributed by atoms with Crippen molar-refractivity contribution in [1.29, 1.82) is 0 Å². The Morgan fingerprint density at radius 3 is 2.78 bits per heavy atom. The summed E-state index contributed by atoms with van der Waals surface area (Å²) in [6.45, 7) is 8.81. The highest BCUT2D eigenvalue weighted by Gasteiger charge is 2.28. The smallest absolute Gasteiger partial charge is 0.306 e. The van der Waals surface area contributed by atoms with Crippen molar-refractivity contribution in [2.45, 2.75) is 77.9 Å². The summed E-state index contributed by atoms with van der Waals surface area (Å²) in [5.74, 6) is 0.135. The van der Waals surface area contributed by atoms with Crippen LogP contribution in [0.25, 0.3) is 11.4 Å². The fourth-order valence-electron chi connectivity index (χ4n) is 4.40. The third-order valence-corrected chi connectivity index (χ3v) is 7.14. The minimum absolute atomic E-state index is 0.0317. The highest BCUT2D eigenvalue weighted by Crippen LogP contribution is 2.31. The largest absolute Gasteiger partial charge is 0.489 e. The van der Waals surface area contributed by atoms with Gasteiger partial charge in [-0.1, -0.05) is 26.0 Å². The molecule has 10 nitrogen and oxygen atoms in total. The molecule has 10 heteroatoms. The average molecular weight is 494 g/mol. The summed E-state index contributed by atoms with van der Waals surface area (Å²) in [6, 6.07) is 5.71. The molecule has 0 aromatic carbocycles. The number of nitrogens with zero attached hydrogens (tertiary/aromatic N) is 6. The molecule has 1 aliphatic rings. The number of aryl methyl sites for hydroxylation is 2. The van der Waals surface area contributed by atoms with Crippen molar-refractivity contribution in [3.63, 3.8) is 0 Å². The Morgan fingerprint density at radius 2 is 2.06 bits per heavy atom. The van der Waals surface area contributed by atoms with E-state index in [9.17, 15) is 9.90 Å². The van der Waals surface area contributed by atoms with E-state index in [0.717, 1.165) is 36.3 Å². The molecule has 3 aromatic heterocycles. The van der Waals surface area contributed by atoms with Crippen LogP contribution in [0.15, 0.2) is 24.4 Å². The van der Waals surface area contributed by atoms with Gasteiger partial charge in [0, 0.05) is 18.7 Å². The highest BCUT2D eigenvalue weighted by atomic mass is 16.5. The molecule has 0 amide bonds. The van der Waals surface area contributed by atoms with Crippen molar-refractivity contribution in [2.75, 3.05) is 5.32 Å². The van der Waals surface area contributed by atoms with Gasteiger partial charge >= 0.3 is 5.97 Å². The Hall–Kier alpha value is -3.56. The van der Waals surface area contributed by atoms with Crippen LogP contribution in [-0.2, 0) is 23.8 Å². The first-order chi connectivity index (χ1) is 17.2. The molecule has 0 saturated heterocycles. The van der Waals surface area contributed by atoms with Gasteiger partial charge in [-0.2, -0.15) is 0 Å². The van der Waals surface area contributed by atoms with Crippen LogP contribution < -0.4 is 10.1 Å². The van der Waals surface area contributed by atoms with Gasteiger partial charge in [0.15, 0.2) is 0 Å². The Bertz CT molecular complexity index is 1220. The second kappa shape index (κ2) is 10.6. The van der Waals surface area contributed by atoms with Gasteiger partial charge in [-0.3, -0.25) is 4.79 Å². The van der Waals surface area contributed by atoms with Crippen LogP contribution >= 0.6 is 0 Å². The minimum atomic E-state index is -0.747. The third kappa shape index (κ3) is 5.63. The SMILES string of the molecule is CCC(C)(C)c1ccnc(NCc2c(-c3ccc(O[C@H]4CCC[C@H](C(=O)O)C4)c(C)n3)nnn2C)n1. The van der Waals surface area contributed by atoms with Gasteiger partial charge < -0.3 is 15.2 Å². The molecule has 192 valence electrons. The van der Waals surface area contributed by atoms with Gasteiger partial charge in [0.05, 0.1) is 41.3 Å². The van der Waals surface area contributed by atoms with Gasteiger partial charge in [-0.25, -0.2) is 19.6 Å². The zero-order valence-corrected chi connectivity index (χ0v) is 21.7. The number of ether oxygens (including phenoxy) is 1. The number of pyridine rings is 1. The van der Waals surface area contributed by atoms with E-state index in [0.29, 0.717) is 42.5 Å². The van der Waals surface area contributed by atoms with Gasteiger partial charge in [0.1, 0.15) is 11.4 Å². The number of hydrogen-bond acceptors (Lipinski definition) is 8. The van der Waals surface area contributed by atoms with E-state index in [-0.39, 0.29) is 17.4 Å². The zero-order chi connectivity index (χ0) is 25.9. The first-order valence-electron chi connectivity index (χ1n) is 12.5. The van der Waals surface area contributed by atoms with E-state index >= 15 is 0 Å². The number of aliphatic carboxylic acids is 1. The molecule has 2 atom stereocenters. The summed E-state index contributed by atoms with van der Waals surface area (Å²) >= 11 is 0. The average Bonchev–Trinajstić information content (AvgIpc) is 3.24. The molecule has 1 aliphatic carbocycles. The summed E-state index contributed by atoms with van der Waals surface area (Å²) in [6.07, 6.45) is 5.57. The lowest BCUT2D eigenvalue weighted by molar-refractivity contribution is -0.143. The number of hydrogen-bond donors (Lipinski definition) is 2. The Morgan fingerprint density at radius 1 is 1.25 bits per heavy atom. The number of carboxylic acids is 1. The molecular weight excluding hydrogens is 458 g/mol. The monoisotopic (exact) mass is 493 g/mol. The number of carboxylic acid groups (broad SMARTS) is 1. The van der Waals surface area contributed by atoms with E-state index < -0.39 is 5.97 Å². The molecule has 0 spiro atoms. The zero-order valence-electron chi connectivity index (χ0n) is 21.7. The van der Waals surface area contributed by atoms with E-state index in [4.69, 9.17) is 14.7 Å². The Balaban J connectivity index is 1.48. The summed E-state index contributed by atoms with van der Waals surface area (Å²) < 4.78 is 7.87. The van der Waals surface area contributed by atoms with Crippen molar-refractivity contribution in [3.8, 4) is 17.1 Å². The van der Waals surface area contributed by atoms with Crippen molar-refractivity contribution < 1.29 is 14.6 Å². The van der Waals surface area contributed by atoms with E-state index in [2.05, 4.69) is 41.4 Å². The predicted molar refractivity (Wildman–Crippen MR) is 136 cm³/mol. The normalized spacial score (nSPS) is 18.1. The van der Waals surface area contributed by atoms with Crippen molar-refractivity contribution in [2.24, 2.45) is 13.0 Å². The second-order valence-corrected chi connectivity index (χ2v) is 10.1. The first-order valence-corrected chi connectivity index (χ1v) is 12.5. The maximum Gasteiger partial charge on any atom is 0.306 e. The van der Waals surface area contributed by atoms with Crippen molar-refractivity contribution >= 4 is 11.9 Å². The molecule has 1 fully saturated rings. The highest BCUT2D eigenvalue weighted by molar-refractivity contribution is 5.70. The number of carbonyl (C=O) groups is 1. The maximum absolute atomic E-state index is 11.4. The van der Waals surface area contributed by atoms with Crippen LogP contribution in [0.2, 0.25) is 0 Å². The number of rotatable bonds is 9. The van der Waals surface area contributed by atoms with Gasteiger partial charge in [-0.05, 0) is 57.2 Å². The molecule has 0 bridgehead atoms. The molecule has 36 heavy (non-hydrogen) atoms. The summed E-state index contributed by atoms with van der Waals surface area (Å²) in [4.78, 5) is 25.2. The standard InChI is InChI=1S/C26H35N7O3/c1-6-26(3,4)22-12-13-27-25(30-22)28-15-20-23(31-32-33(20)5)19-10-11-21(16(2)29-19)36-18-9-7-8-17(14-18)24(34)35/h10-13,17-18H,6-9,14-15H2,1-5H3,(H,34,35)(H,27,28,30)/t17-,18-/m0/s1. The summed E-state index contributed by atoms with van der Waals surface area (Å²) in [5.41, 5.74) is 3.91. The van der Waals surface area contributed by atoms with Crippen molar-refractivity contribution in [3.05, 3.63) is 41.5 Å². The molecular formula is C26H35N7O3. The molecule has 3 aromatic rings.